The van der Waals surface area contributed by atoms with Crippen LogP contribution in [0.4, 0.5) is 0 Å². The molecule has 2 heterocycles. The number of aliphatic imine (C=N–C) groups is 1. The highest BCUT2D eigenvalue weighted by atomic mass is 32.2. The van der Waals surface area contributed by atoms with E-state index in [4.69, 9.17) is 5.73 Å². The van der Waals surface area contributed by atoms with Gasteiger partial charge in [0.25, 0.3) is 0 Å². The maximum absolute atomic E-state index is 9.71. The number of thioether (sulfide) groups is 1. The Balaban J connectivity index is 1.86. The lowest BCUT2D eigenvalue weighted by molar-refractivity contribution is 0.490. The molecule has 2 aliphatic heterocycles. The van der Waals surface area contributed by atoms with E-state index in [1.807, 2.05) is 25.1 Å². The Morgan fingerprint density at radius 3 is 2.52 bits per heavy atom. The third-order valence-electron chi connectivity index (χ3n) is 4.35. The van der Waals surface area contributed by atoms with Crippen LogP contribution in [0.15, 0.2) is 76.4 Å². The van der Waals surface area contributed by atoms with E-state index in [9.17, 15) is 5.26 Å². The molecule has 4 nitrogen and oxygen atoms in total. The van der Waals surface area contributed by atoms with Crippen LogP contribution in [0.3, 0.4) is 0 Å². The largest absolute Gasteiger partial charge is 0.383 e. The fourth-order valence-electron chi connectivity index (χ4n) is 3.09. The molecule has 2 aliphatic rings. The lowest BCUT2D eigenvalue weighted by Crippen LogP contribution is -2.34. The third-order valence-corrected chi connectivity index (χ3v) is 5.19. The molecule has 0 aliphatic carbocycles. The predicted octanol–water partition coefficient (Wildman–Crippen LogP) is 4.15. The van der Waals surface area contributed by atoms with Gasteiger partial charge in [0.1, 0.15) is 17.9 Å². The standard InChI is InChI=1S/C20H16N4S/c1-13-7-9-15(10-8-13)18-16(11-21)19(22)23-20-24(18)17(12-25-20)14-5-3-2-4-6-14/h2-10,12,18H,22H2,1H3. The summed E-state index contributed by atoms with van der Waals surface area (Å²) in [5, 5.41) is 12.6. The Morgan fingerprint density at radius 1 is 1.12 bits per heavy atom. The summed E-state index contributed by atoms with van der Waals surface area (Å²) in [6, 6.07) is 20.4. The van der Waals surface area contributed by atoms with Gasteiger partial charge in [-0.2, -0.15) is 5.26 Å². The van der Waals surface area contributed by atoms with Crippen molar-refractivity contribution < 1.29 is 0 Å². The number of aryl methyl sites for hydroxylation is 1. The molecular weight excluding hydrogens is 328 g/mol. The molecule has 2 aromatic rings. The Bertz CT molecular complexity index is 949. The fraction of sp³-hybridized carbons (Fsp3) is 0.100. The molecule has 0 aromatic heterocycles. The van der Waals surface area contributed by atoms with Gasteiger partial charge in [-0.05, 0) is 18.1 Å². The van der Waals surface area contributed by atoms with E-state index in [0.29, 0.717) is 11.4 Å². The number of hydrogen-bond donors (Lipinski definition) is 1. The molecular formula is C20H16N4S. The Labute approximate surface area is 151 Å². The third kappa shape index (κ3) is 2.61. The van der Waals surface area contributed by atoms with Crippen LogP contribution < -0.4 is 5.73 Å². The topological polar surface area (TPSA) is 65.4 Å². The van der Waals surface area contributed by atoms with Crippen molar-refractivity contribution >= 4 is 22.6 Å². The molecule has 2 aromatic carbocycles. The van der Waals surface area contributed by atoms with Crippen LogP contribution in [0.5, 0.6) is 0 Å². The molecule has 0 saturated heterocycles. The minimum absolute atomic E-state index is 0.264. The number of rotatable bonds is 2. The number of amidine groups is 1. The van der Waals surface area contributed by atoms with Gasteiger partial charge >= 0.3 is 0 Å². The first-order valence-corrected chi connectivity index (χ1v) is 8.83. The van der Waals surface area contributed by atoms with Crippen LogP contribution in [0.2, 0.25) is 0 Å². The smallest absolute Gasteiger partial charge is 0.175 e. The number of benzene rings is 2. The summed E-state index contributed by atoms with van der Waals surface area (Å²) in [5.41, 5.74) is 10.9. The van der Waals surface area contributed by atoms with Gasteiger partial charge in [-0.1, -0.05) is 71.9 Å². The van der Waals surface area contributed by atoms with Crippen molar-refractivity contribution in [1.29, 1.82) is 5.26 Å². The SMILES string of the molecule is Cc1ccc(C2C(C#N)=C(N)N=C3SC=C(c4ccccc4)N32)cc1. The molecule has 1 unspecified atom stereocenters. The molecule has 2 N–H and O–H groups in total. The molecule has 0 bridgehead atoms. The Morgan fingerprint density at radius 2 is 1.84 bits per heavy atom. The first kappa shape index (κ1) is 15.6. The molecule has 0 amide bonds. The van der Waals surface area contributed by atoms with Gasteiger partial charge < -0.3 is 10.6 Å². The maximum atomic E-state index is 9.71. The minimum atomic E-state index is -0.264. The summed E-state index contributed by atoms with van der Waals surface area (Å²) in [5.74, 6) is 0.300. The molecule has 122 valence electrons. The fourth-order valence-corrected chi connectivity index (χ4v) is 4.02. The molecule has 1 atom stereocenters. The monoisotopic (exact) mass is 344 g/mol. The second-order valence-electron chi connectivity index (χ2n) is 5.98. The first-order valence-electron chi connectivity index (χ1n) is 7.95. The van der Waals surface area contributed by atoms with Crippen LogP contribution in [0.25, 0.3) is 5.70 Å². The Hall–Kier alpha value is -2.97. The van der Waals surface area contributed by atoms with Crippen molar-refractivity contribution in [2.45, 2.75) is 13.0 Å². The van der Waals surface area contributed by atoms with E-state index in [2.05, 4.69) is 57.8 Å². The second kappa shape index (κ2) is 6.15. The van der Waals surface area contributed by atoms with E-state index < -0.39 is 0 Å². The zero-order valence-corrected chi connectivity index (χ0v) is 14.5. The molecule has 0 fully saturated rings. The van der Waals surface area contributed by atoms with Crippen LogP contribution in [0.1, 0.15) is 22.7 Å². The van der Waals surface area contributed by atoms with E-state index in [-0.39, 0.29) is 6.04 Å². The van der Waals surface area contributed by atoms with Gasteiger partial charge in [-0.3, -0.25) is 0 Å². The van der Waals surface area contributed by atoms with Crippen molar-refractivity contribution in [3.05, 3.63) is 88.1 Å². The Kier molecular flexibility index (Phi) is 3.83. The van der Waals surface area contributed by atoms with Gasteiger partial charge in [-0.15, -0.1) is 0 Å². The molecule has 5 heteroatoms. The van der Waals surface area contributed by atoms with E-state index in [1.165, 1.54) is 17.3 Å². The maximum Gasteiger partial charge on any atom is 0.175 e. The van der Waals surface area contributed by atoms with Crippen LogP contribution in [0, 0.1) is 18.3 Å². The van der Waals surface area contributed by atoms with E-state index in [1.54, 1.807) is 0 Å². The summed E-state index contributed by atoms with van der Waals surface area (Å²) in [6.45, 7) is 2.05. The molecule has 0 spiro atoms. The zero-order chi connectivity index (χ0) is 17.4. The summed E-state index contributed by atoms with van der Waals surface area (Å²) in [4.78, 5) is 6.56. The average Bonchev–Trinajstić information content (AvgIpc) is 3.05. The van der Waals surface area contributed by atoms with Gasteiger partial charge in [0.05, 0.1) is 11.3 Å². The zero-order valence-electron chi connectivity index (χ0n) is 13.7. The molecule has 25 heavy (non-hydrogen) atoms. The van der Waals surface area contributed by atoms with Gasteiger partial charge in [-0.25, -0.2) is 4.99 Å². The van der Waals surface area contributed by atoms with Crippen LogP contribution in [-0.2, 0) is 0 Å². The van der Waals surface area contributed by atoms with Gasteiger partial charge in [0.2, 0.25) is 0 Å². The van der Waals surface area contributed by atoms with Gasteiger partial charge in [0.15, 0.2) is 5.17 Å². The van der Waals surface area contributed by atoms with E-state index >= 15 is 0 Å². The predicted molar refractivity (Wildman–Crippen MR) is 102 cm³/mol. The van der Waals surface area contributed by atoms with Crippen molar-refractivity contribution in [3.8, 4) is 6.07 Å². The number of fused-ring (bicyclic) bond motifs is 1. The highest BCUT2D eigenvalue weighted by Gasteiger charge is 2.38. The number of nitrogens with two attached hydrogens (primary N) is 1. The molecule has 0 saturated carbocycles. The highest BCUT2D eigenvalue weighted by Crippen LogP contribution is 2.45. The van der Waals surface area contributed by atoms with Crippen molar-refractivity contribution in [3.63, 3.8) is 0 Å². The number of nitriles is 1. The summed E-state index contributed by atoms with van der Waals surface area (Å²) >= 11 is 1.54. The molecule has 0 radical (unpaired) electrons. The number of hydrogen-bond acceptors (Lipinski definition) is 5. The number of nitrogens with zero attached hydrogens (tertiary/aromatic N) is 3. The minimum Gasteiger partial charge on any atom is -0.383 e. The second-order valence-corrected chi connectivity index (χ2v) is 6.81. The summed E-state index contributed by atoms with van der Waals surface area (Å²) in [6.07, 6.45) is 0. The lowest BCUT2D eigenvalue weighted by atomic mass is 9.95. The van der Waals surface area contributed by atoms with E-state index in [0.717, 1.165) is 22.0 Å². The summed E-state index contributed by atoms with van der Waals surface area (Å²) in [7, 11) is 0. The first-order chi connectivity index (χ1) is 12.2. The average molecular weight is 344 g/mol. The van der Waals surface area contributed by atoms with Crippen LogP contribution in [-0.4, -0.2) is 10.1 Å². The highest BCUT2D eigenvalue weighted by molar-refractivity contribution is 8.16. The lowest BCUT2D eigenvalue weighted by Gasteiger charge is -2.34. The normalized spacial score (nSPS) is 19.2. The quantitative estimate of drug-likeness (QED) is 0.889. The van der Waals surface area contributed by atoms with Crippen LogP contribution >= 0.6 is 11.8 Å². The van der Waals surface area contributed by atoms with Crippen molar-refractivity contribution in [2.24, 2.45) is 10.7 Å². The van der Waals surface area contributed by atoms with Crippen molar-refractivity contribution in [2.75, 3.05) is 0 Å². The van der Waals surface area contributed by atoms with Gasteiger partial charge in [0, 0.05) is 5.41 Å². The molecule has 4 rings (SSSR count). The summed E-state index contributed by atoms with van der Waals surface area (Å²) < 4.78 is 0. The van der Waals surface area contributed by atoms with Crippen molar-refractivity contribution in [1.82, 2.24) is 4.90 Å².